The van der Waals surface area contributed by atoms with Crippen molar-refractivity contribution < 1.29 is 14.6 Å². The first-order chi connectivity index (χ1) is 8.62. The van der Waals surface area contributed by atoms with Crippen LogP contribution < -0.4 is 4.74 Å². The fraction of sp³-hybridized carbons (Fsp3) is 0.533. The molecule has 1 aliphatic rings. The molecule has 3 heteroatoms. The average Bonchev–Trinajstić information content (AvgIpc) is 2.30. The third kappa shape index (κ3) is 2.09. The molecule has 98 valence electrons. The fourth-order valence-electron chi connectivity index (χ4n) is 2.79. The maximum Gasteiger partial charge on any atom is 0.314 e. The lowest BCUT2D eigenvalue weighted by Gasteiger charge is -2.44. The molecular weight excluding hydrogens is 228 g/mol. The summed E-state index contributed by atoms with van der Waals surface area (Å²) < 4.78 is 5.38. The summed E-state index contributed by atoms with van der Waals surface area (Å²) in [6.45, 7) is 4.68. The van der Waals surface area contributed by atoms with Gasteiger partial charge in [-0.3, -0.25) is 4.79 Å². The fourth-order valence-corrected chi connectivity index (χ4v) is 2.79. The lowest BCUT2D eigenvalue weighted by Crippen LogP contribution is -2.47. The van der Waals surface area contributed by atoms with E-state index in [1.807, 2.05) is 31.2 Å². The van der Waals surface area contributed by atoms with Crippen LogP contribution in [0.25, 0.3) is 0 Å². The van der Waals surface area contributed by atoms with E-state index in [1.54, 1.807) is 0 Å². The summed E-state index contributed by atoms with van der Waals surface area (Å²) in [7, 11) is 0. The van der Waals surface area contributed by atoms with Crippen LogP contribution in [-0.2, 0) is 10.2 Å². The lowest BCUT2D eigenvalue weighted by atomic mass is 9.58. The number of hydrogen-bond donors (Lipinski definition) is 1. The molecule has 2 rings (SSSR count). The van der Waals surface area contributed by atoms with Gasteiger partial charge in [-0.2, -0.15) is 0 Å². The van der Waals surface area contributed by atoms with Gasteiger partial charge in [0.1, 0.15) is 5.75 Å². The number of carboxylic acid groups (broad SMARTS) is 1. The molecule has 1 saturated carbocycles. The first-order valence-corrected chi connectivity index (χ1v) is 6.59. The summed E-state index contributed by atoms with van der Waals surface area (Å²) in [6.07, 6.45) is 2.58. The monoisotopic (exact) mass is 248 g/mol. The molecular formula is C15H20O3. The Morgan fingerprint density at radius 3 is 2.39 bits per heavy atom. The van der Waals surface area contributed by atoms with Crippen LogP contribution in [0.1, 0.15) is 38.7 Å². The van der Waals surface area contributed by atoms with Crippen LogP contribution in [0.2, 0.25) is 0 Å². The van der Waals surface area contributed by atoms with Gasteiger partial charge >= 0.3 is 5.97 Å². The zero-order valence-corrected chi connectivity index (χ0v) is 11.0. The summed E-state index contributed by atoms with van der Waals surface area (Å²) in [5.41, 5.74) is 0.244. The molecule has 0 heterocycles. The van der Waals surface area contributed by atoms with E-state index in [0.717, 1.165) is 30.6 Å². The second-order valence-electron chi connectivity index (χ2n) is 5.03. The summed E-state index contributed by atoms with van der Waals surface area (Å²) in [6, 6.07) is 7.52. The Bertz CT molecular complexity index is 416. The topological polar surface area (TPSA) is 46.5 Å². The summed E-state index contributed by atoms with van der Waals surface area (Å²) in [5, 5.41) is 9.49. The first kappa shape index (κ1) is 12.9. The minimum absolute atomic E-state index is 0.549. The molecule has 0 saturated heterocycles. The molecule has 1 aliphatic carbocycles. The van der Waals surface area contributed by atoms with Gasteiger partial charge in [-0.25, -0.2) is 0 Å². The van der Waals surface area contributed by atoms with Gasteiger partial charge in [0.15, 0.2) is 0 Å². The third-order valence-corrected chi connectivity index (χ3v) is 3.98. The molecule has 0 bridgehead atoms. The number of aliphatic carboxylic acids is 1. The van der Waals surface area contributed by atoms with Crippen molar-refractivity contribution in [2.45, 2.75) is 38.5 Å². The number of carbonyl (C=O) groups is 1. The van der Waals surface area contributed by atoms with Crippen LogP contribution in [0.4, 0.5) is 0 Å². The van der Waals surface area contributed by atoms with E-state index in [1.165, 1.54) is 0 Å². The lowest BCUT2D eigenvalue weighted by molar-refractivity contribution is -0.149. The Morgan fingerprint density at radius 1 is 1.33 bits per heavy atom. The second kappa shape index (κ2) is 5.01. The highest BCUT2D eigenvalue weighted by molar-refractivity contribution is 5.82. The van der Waals surface area contributed by atoms with Gasteiger partial charge in [0, 0.05) is 0 Å². The molecule has 18 heavy (non-hydrogen) atoms. The van der Waals surface area contributed by atoms with Crippen molar-refractivity contribution in [1.82, 2.24) is 0 Å². The predicted molar refractivity (Wildman–Crippen MR) is 69.9 cm³/mol. The summed E-state index contributed by atoms with van der Waals surface area (Å²) in [5.74, 6) is 0.650. The van der Waals surface area contributed by atoms with Crippen molar-refractivity contribution in [2.75, 3.05) is 6.61 Å². The summed E-state index contributed by atoms with van der Waals surface area (Å²) >= 11 is 0. The minimum atomic E-state index is -0.698. The Hall–Kier alpha value is -1.51. The van der Waals surface area contributed by atoms with Crippen molar-refractivity contribution >= 4 is 5.97 Å². The van der Waals surface area contributed by atoms with Crippen molar-refractivity contribution in [1.29, 1.82) is 0 Å². The first-order valence-electron chi connectivity index (χ1n) is 6.59. The largest absolute Gasteiger partial charge is 0.494 e. The van der Waals surface area contributed by atoms with E-state index in [4.69, 9.17) is 4.74 Å². The van der Waals surface area contributed by atoms with Gasteiger partial charge in [-0.15, -0.1) is 0 Å². The van der Waals surface area contributed by atoms with Crippen molar-refractivity contribution in [2.24, 2.45) is 5.92 Å². The standard InChI is InChI=1S/C15H20O3/c1-3-11-9-15(10-11,14(16)17)12-5-7-13(8-6-12)18-4-2/h5-8,11H,3-4,9-10H2,1-2H3,(H,16,17). The average molecular weight is 248 g/mol. The number of ether oxygens (including phenoxy) is 1. The zero-order chi connectivity index (χ0) is 13.2. The van der Waals surface area contributed by atoms with Crippen LogP contribution in [0.3, 0.4) is 0 Å². The van der Waals surface area contributed by atoms with E-state index in [0.29, 0.717) is 12.5 Å². The van der Waals surface area contributed by atoms with Gasteiger partial charge in [-0.1, -0.05) is 25.5 Å². The molecule has 0 unspecified atom stereocenters. The Morgan fingerprint density at radius 2 is 1.94 bits per heavy atom. The molecule has 0 amide bonds. The molecule has 0 spiro atoms. The molecule has 1 aromatic rings. The third-order valence-electron chi connectivity index (χ3n) is 3.98. The van der Waals surface area contributed by atoms with Crippen LogP contribution in [0, 0.1) is 5.92 Å². The molecule has 0 radical (unpaired) electrons. The molecule has 1 fully saturated rings. The Balaban J connectivity index is 2.20. The van der Waals surface area contributed by atoms with Gasteiger partial charge < -0.3 is 9.84 Å². The minimum Gasteiger partial charge on any atom is -0.494 e. The van der Waals surface area contributed by atoms with Crippen molar-refractivity contribution in [3.05, 3.63) is 29.8 Å². The number of benzene rings is 1. The maximum absolute atomic E-state index is 11.5. The van der Waals surface area contributed by atoms with Crippen LogP contribution >= 0.6 is 0 Å². The predicted octanol–water partition coefficient (Wildman–Crippen LogP) is 3.23. The van der Waals surface area contributed by atoms with E-state index in [9.17, 15) is 9.90 Å². The van der Waals surface area contributed by atoms with Crippen LogP contribution in [-0.4, -0.2) is 17.7 Å². The number of carboxylic acids is 1. The van der Waals surface area contributed by atoms with Crippen molar-refractivity contribution in [3.63, 3.8) is 0 Å². The van der Waals surface area contributed by atoms with Gasteiger partial charge in [-0.05, 0) is 43.4 Å². The summed E-state index contributed by atoms with van der Waals surface area (Å²) in [4.78, 5) is 11.5. The number of hydrogen-bond acceptors (Lipinski definition) is 2. The van der Waals surface area contributed by atoms with Gasteiger partial charge in [0.05, 0.1) is 12.0 Å². The normalized spacial score (nSPS) is 26.4. The van der Waals surface area contributed by atoms with Gasteiger partial charge in [0.25, 0.3) is 0 Å². The second-order valence-corrected chi connectivity index (χ2v) is 5.03. The highest BCUT2D eigenvalue weighted by atomic mass is 16.5. The highest BCUT2D eigenvalue weighted by Gasteiger charge is 2.50. The Labute approximate surface area is 108 Å². The van der Waals surface area contributed by atoms with Crippen molar-refractivity contribution in [3.8, 4) is 5.75 Å². The van der Waals surface area contributed by atoms with E-state index in [2.05, 4.69) is 6.92 Å². The van der Waals surface area contributed by atoms with Crippen LogP contribution in [0.15, 0.2) is 24.3 Å². The highest BCUT2D eigenvalue weighted by Crippen LogP contribution is 2.49. The molecule has 1 aromatic carbocycles. The zero-order valence-electron chi connectivity index (χ0n) is 11.0. The molecule has 0 aliphatic heterocycles. The van der Waals surface area contributed by atoms with Crippen LogP contribution in [0.5, 0.6) is 5.75 Å². The quantitative estimate of drug-likeness (QED) is 0.870. The molecule has 1 N–H and O–H groups in total. The SMILES string of the molecule is CCOc1ccc(C2(C(=O)O)CC(CC)C2)cc1. The number of rotatable bonds is 5. The van der Waals surface area contributed by atoms with E-state index in [-0.39, 0.29) is 0 Å². The van der Waals surface area contributed by atoms with E-state index >= 15 is 0 Å². The molecule has 0 aromatic heterocycles. The smallest absolute Gasteiger partial charge is 0.314 e. The van der Waals surface area contributed by atoms with Gasteiger partial charge in [0.2, 0.25) is 0 Å². The maximum atomic E-state index is 11.5. The Kier molecular flexibility index (Phi) is 3.60. The van der Waals surface area contributed by atoms with E-state index < -0.39 is 11.4 Å². The molecule has 0 atom stereocenters. The molecule has 3 nitrogen and oxygen atoms in total.